The molecule has 1 aliphatic heterocycles. The Morgan fingerprint density at radius 2 is 1.89 bits per heavy atom. The predicted octanol–water partition coefficient (Wildman–Crippen LogP) is 5.18. The van der Waals surface area contributed by atoms with Crippen LogP contribution in [0.25, 0.3) is 0 Å². The maximum atomic E-state index is 14.0. The second-order valence-electron chi connectivity index (χ2n) is 10.9. The molecule has 0 spiro atoms. The lowest BCUT2D eigenvalue weighted by molar-refractivity contribution is -0.140. The van der Waals surface area contributed by atoms with Gasteiger partial charge in [-0.1, -0.05) is 19.3 Å². The van der Waals surface area contributed by atoms with Crippen LogP contribution in [0.4, 0.5) is 0 Å². The standard InChI is InChI=1S/C27H41BrN4O3/c1-18(31(6)19(2)35-27(3,4)5)25(33)30-24(20-11-8-7-9-12-20)26(34)32-14-10-13-23(32)21-15-22(28)17-29-16-21/h15-18,20,23-24H,2,7-14H2,1,3-6H3,(H,30,33)/t18-,23-,24-/m0/s1. The highest BCUT2D eigenvalue weighted by Crippen LogP contribution is 2.35. The number of aromatic nitrogens is 1. The predicted molar refractivity (Wildman–Crippen MR) is 141 cm³/mol. The van der Waals surface area contributed by atoms with Crippen molar-refractivity contribution in [3.63, 3.8) is 0 Å². The van der Waals surface area contributed by atoms with Gasteiger partial charge in [0.2, 0.25) is 11.8 Å². The Balaban J connectivity index is 1.78. The summed E-state index contributed by atoms with van der Waals surface area (Å²) in [7, 11) is 1.80. The highest BCUT2D eigenvalue weighted by molar-refractivity contribution is 9.10. The van der Waals surface area contributed by atoms with Crippen LogP contribution in [-0.4, -0.2) is 57.9 Å². The highest BCUT2D eigenvalue weighted by Gasteiger charge is 2.39. The summed E-state index contributed by atoms with van der Waals surface area (Å²) in [6.07, 6.45) is 10.7. The molecule has 1 saturated heterocycles. The Morgan fingerprint density at radius 3 is 2.51 bits per heavy atom. The van der Waals surface area contributed by atoms with E-state index in [1.807, 2.05) is 44.9 Å². The minimum atomic E-state index is -0.531. The lowest BCUT2D eigenvalue weighted by Gasteiger charge is -2.37. The largest absolute Gasteiger partial charge is 0.474 e. The molecule has 2 heterocycles. The summed E-state index contributed by atoms with van der Waals surface area (Å²) >= 11 is 3.50. The van der Waals surface area contributed by atoms with Gasteiger partial charge in [0.25, 0.3) is 0 Å². The summed E-state index contributed by atoms with van der Waals surface area (Å²) in [6.45, 7) is 12.4. The molecule has 1 saturated carbocycles. The van der Waals surface area contributed by atoms with E-state index in [0.29, 0.717) is 12.4 Å². The van der Waals surface area contributed by atoms with Crippen LogP contribution in [0.2, 0.25) is 0 Å². The van der Waals surface area contributed by atoms with Crippen LogP contribution in [0.3, 0.4) is 0 Å². The molecule has 0 radical (unpaired) electrons. The number of ether oxygens (including phenoxy) is 1. The number of carbonyl (C=O) groups is 2. The van der Waals surface area contributed by atoms with Crippen LogP contribution in [0, 0.1) is 5.92 Å². The molecule has 2 aliphatic rings. The second-order valence-corrected chi connectivity index (χ2v) is 11.8. The first-order chi connectivity index (χ1) is 16.5. The summed E-state index contributed by atoms with van der Waals surface area (Å²) < 4.78 is 6.76. The Labute approximate surface area is 218 Å². The molecular weight excluding hydrogens is 508 g/mol. The molecule has 0 aromatic carbocycles. The fourth-order valence-electron chi connectivity index (χ4n) is 5.11. The van der Waals surface area contributed by atoms with Crippen LogP contribution < -0.4 is 5.32 Å². The molecule has 8 heteroatoms. The minimum absolute atomic E-state index is 0.0180. The van der Waals surface area contributed by atoms with Gasteiger partial charge in [-0.25, -0.2) is 0 Å². The first kappa shape index (κ1) is 27.5. The van der Waals surface area contributed by atoms with Gasteiger partial charge in [0.15, 0.2) is 5.88 Å². The first-order valence-electron chi connectivity index (χ1n) is 12.8. The minimum Gasteiger partial charge on any atom is -0.474 e. The van der Waals surface area contributed by atoms with Crippen molar-refractivity contribution in [2.45, 2.75) is 96.4 Å². The van der Waals surface area contributed by atoms with E-state index >= 15 is 0 Å². The molecule has 0 bridgehead atoms. The number of nitrogens with zero attached hydrogens (tertiary/aromatic N) is 3. The number of carbonyl (C=O) groups excluding carboxylic acids is 2. The van der Waals surface area contributed by atoms with Gasteiger partial charge >= 0.3 is 0 Å². The molecule has 1 N–H and O–H groups in total. The SMILES string of the molecule is C=C(OC(C)(C)C)N(C)[C@@H](C)C(=O)N[C@H](C(=O)N1CCC[C@H]1c1cncc(Br)c1)C1CCCCC1. The third-order valence-corrected chi connectivity index (χ3v) is 7.54. The molecule has 1 aromatic heterocycles. The molecule has 3 atom stereocenters. The fourth-order valence-corrected chi connectivity index (χ4v) is 5.49. The molecule has 194 valence electrons. The molecule has 1 aliphatic carbocycles. The molecule has 2 amide bonds. The zero-order valence-electron chi connectivity index (χ0n) is 21.8. The van der Waals surface area contributed by atoms with Crippen LogP contribution >= 0.6 is 15.9 Å². The lowest BCUT2D eigenvalue weighted by atomic mass is 9.83. The van der Waals surface area contributed by atoms with Gasteiger partial charge in [-0.2, -0.15) is 0 Å². The number of rotatable bonds is 8. The number of amides is 2. The molecular formula is C27H41BrN4O3. The van der Waals surface area contributed by atoms with Crippen molar-refractivity contribution in [3.8, 4) is 0 Å². The maximum Gasteiger partial charge on any atom is 0.245 e. The zero-order valence-corrected chi connectivity index (χ0v) is 23.4. The van der Waals surface area contributed by atoms with Gasteiger partial charge in [-0.05, 0) is 93.4 Å². The maximum absolute atomic E-state index is 14.0. The van der Waals surface area contributed by atoms with Crippen LogP contribution in [0.1, 0.15) is 84.2 Å². The van der Waals surface area contributed by atoms with E-state index in [0.717, 1.165) is 48.6 Å². The number of pyridine rings is 1. The lowest BCUT2D eigenvalue weighted by Crippen LogP contribution is -2.56. The number of halogens is 1. The van der Waals surface area contributed by atoms with E-state index in [1.54, 1.807) is 18.1 Å². The van der Waals surface area contributed by atoms with E-state index in [1.165, 1.54) is 6.42 Å². The van der Waals surface area contributed by atoms with Gasteiger partial charge in [0, 0.05) is 30.5 Å². The van der Waals surface area contributed by atoms with Crippen molar-refractivity contribution < 1.29 is 14.3 Å². The summed E-state index contributed by atoms with van der Waals surface area (Å²) in [5.74, 6) is 0.415. The second kappa shape index (κ2) is 11.8. The summed E-state index contributed by atoms with van der Waals surface area (Å²) in [5, 5.41) is 3.15. The van der Waals surface area contributed by atoms with Crippen LogP contribution in [-0.2, 0) is 14.3 Å². The van der Waals surface area contributed by atoms with Gasteiger partial charge in [0.05, 0.1) is 6.04 Å². The third kappa shape index (κ3) is 7.21. The molecule has 1 aromatic rings. The van der Waals surface area contributed by atoms with Crippen molar-refractivity contribution in [2.75, 3.05) is 13.6 Å². The number of likely N-dealkylation sites (tertiary alicyclic amines) is 1. The summed E-state index contributed by atoms with van der Waals surface area (Å²) in [5.41, 5.74) is 0.622. The normalized spacial score (nSPS) is 20.7. The van der Waals surface area contributed by atoms with Gasteiger partial charge in [-0.3, -0.25) is 14.6 Å². The van der Waals surface area contributed by atoms with E-state index in [4.69, 9.17) is 4.74 Å². The number of hydrogen-bond acceptors (Lipinski definition) is 5. The van der Waals surface area contributed by atoms with E-state index in [2.05, 4.69) is 32.8 Å². The molecule has 0 unspecified atom stereocenters. The Hall–Kier alpha value is -2.09. The molecule has 35 heavy (non-hydrogen) atoms. The Kier molecular flexibility index (Phi) is 9.24. The molecule has 3 rings (SSSR count). The molecule has 7 nitrogen and oxygen atoms in total. The number of hydrogen-bond donors (Lipinski definition) is 1. The Bertz CT molecular complexity index is 910. The van der Waals surface area contributed by atoms with Crippen molar-refractivity contribution in [3.05, 3.63) is 41.0 Å². The van der Waals surface area contributed by atoms with E-state index in [-0.39, 0.29) is 23.8 Å². The van der Waals surface area contributed by atoms with Crippen LogP contribution in [0.5, 0.6) is 0 Å². The topological polar surface area (TPSA) is 74.8 Å². The summed E-state index contributed by atoms with van der Waals surface area (Å²) in [4.78, 5) is 35.4. The fraction of sp³-hybridized carbons (Fsp3) is 0.667. The third-order valence-electron chi connectivity index (χ3n) is 7.11. The zero-order chi connectivity index (χ0) is 25.8. The van der Waals surface area contributed by atoms with Crippen molar-refractivity contribution in [2.24, 2.45) is 5.92 Å². The van der Waals surface area contributed by atoms with Crippen molar-refractivity contribution in [1.82, 2.24) is 20.1 Å². The van der Waals surface area contributed by atoms with Crippen LogP contribution in [0.15, 0.2) is 35.4 Å². The van der Waals surface area contributed by atoms with E-state index in [9.17, 15) is 9.59 Å². The van der Waals surface area contributed by atoms with Crippen molar-refractivity contribution in [1.29, 1.82) is 0 Å². The summed E-state index contributed by atoms with van der Waals surface area (Å²) in [6, 6.07) is 0.967. The van der Waals surface area contributed by atoms with E-state index < -0.39 is 17.7 Å². The Morgan fingerprint density at radius 1 is 1.20 bits per heavy atom. The highest BCUT2D eigenvalue weighted by atomic mass is 79.9. The quantitative estimate of drug-likeness (QED) is 0.453. The van der Waals surface area contributed by atoms with Gasteiger partial charge in [-0.15, -0.1) is 0 Å². The number of likely N-dealkylation sites (N-methyl/N-ethyl adjacent to an activating group) is 1. The van der Waals surface area contributed by atoms with Crippen molar-refractivity contribution >= 4 is 27.7 Å². The smallest absolute Gasteiger partial charge is 0.245 e. The average molecular weight is 550 g/mol. The average Bonchev–Trinajstić information content (AvgIpc) is 3.30. The van der Waals surface area contributed by atoms with Gasteiger partial charge < -0.3 is 19.9 Å². The molecule has 2 fully saturated rings. The first-order valence-corrected chi connectivity index (χ1v) is 13.6. The van der Waals surface area contributed by atoms with Gasteiger partial charge in [0.1, 0.15) is 17.7 Å². The monoisotopic (exact) mass is 548 g/mol. The number of nitrogens with one attached hydrogen (secondary N) is 1.